The first-order chi connectivity index (χ1) is 10.4. The molecule has 1 N–H and O–H groups in total. The first-order valence-electron chi connectivity index (χ1n) is 8.83. The summed E-state index contributed by atoms with van der Waals surface area (Å²) in [6, 6.07) is 9.39. The summed E-state index contributed by atoms with van der Waals surface area (Å²) in [5.41, 5.74) is 1.45. The van der Waals surface area contributed by atoms with E-state index < -0.39 is 0 Å². The van der Waals surface area contributed by atoms with Crippen molar-refractivity contribution in [3.63, 3.8) is 0 Å². The van der Waals surface area contributed by atoms with Crippen LogP contribution < -0.4 is 10.1 Å². The van der Waals surface area contributed by atoms with Crippen molar-refractivity contribution in [2.45, 2.75) is 63.8 Å². The van der Waals surface area contributed by atoms with Crippen LogP contribution in [0.1, 0.15) is 63.4 Å². The molecule has 0 spiro atoms. The van der Waals surface area contributed by atoms with E-state index >= 15 is 0 Å². The number of benzene rings is 1. The molecule has 116 valence electrons. The third-order valence-electron chi connectivity index (χ3n) is 5.30. The Kier molecular flexibility index (Phi) is 5.18. The van der Waals surface area contributed by atoms with Crippen LogP contribution in [0.25, 0.3) is 0 Å². The third-order valence-corrected chi connectivity index (χ3v) is 5.30. The lowest BCUT2D eigenvalue weighted by atomic mass is 9.80. The molecule has 0 radical (unpaired) electrons. The number of hydrogen-bond donors (Lipinski definition) is 1. The van der Waals surface area contributed by atoms with Gasteiger partial charge in [0.25, 0.3) is 0 Å². The summed E-state index contributed by atoms with van der Waals surface area (Å²) in [4.78, 5) is 0. The van der Waals surface area contributed by atoms with Gasteiger partial charge in [0, 0.05) is 6.04 Å². The van der Waals surface area contributed by atoms with Gasteiger partial charge >= 0.3 is 0 Å². The Hall–Kier alpha value is -1.02. The van der Waals surface area contributed by atoms with Gasteiger partial charge in [-0.3, -0.25) is 0 Å². The van der Waals surface area contributed by atoms with Crippen LogP contribution in [-0.2, 0) is 0 Å². The molecule has 1 saturated carbocycles. The molecular weight excluding hydrogens is 258 g/mol. The smallest absolute Gasteiger partial charge is 0.122 e. The van der Waals surface area contributed by atoms with Crippen LogP contribution in [0.3, 0.4) is 0 Å². The van der Waals surface area contributed by atoms with E-state index in [0.717, 1.165) is 30.9 Å². The van der Waals surface area contributed by atoms with Gasteiger partial charge in [0.1, 0.15) is 5.75 Å². The summed E-state index contributed by atoms with van der Waals surface area (Å²) in [5, 5.41) is 3.76. The van der Waals surface area contributed by atoms with Crippen molar-refractivity contribution in [3.05, 3.63) is 29.8 Å². The molecule has 1 aromatic carbocycles. The van der Waals surface area contributed by atoms with E-state index in [1.807, 2.05) is 0 Å². The fourth-order valence-corrected chi connectivity index (χ4v) is 4.22. The average molecular weight is 287 g/mol. The lowest BCUT2D eigenvalue weighted by Gasteiger charge is -2.32. The predicted octanol–water partition coefficient (Wildman–Crippen LogP) is 4.50. The van der Waals surface area contributed by atoms with Crippen molar-refractivity contribution < 1.29 is 4.74 Å². The topological polar surface area (TPSA) is 21.3 Å². The summed E-state index contributed by atoms with van der Waals surface area (Å²) in [6.45, 7) is 4.23. The maximum absolute atomic E-state index is 5.83. The summed E-state index contributed by atoms with van der Waals surface area (Å²) in [6.07, 6.45) is 9.52. The maximum Gasteiger partial charge on any atom is 0.122 e. The molecule has 2 aliphatic rings. The monoisotopic (exact) mass is 287 g/mol. The fourth-order valence-electron chi connectivity index (χ4n) is 4.22. The fraction of sp³-hybridized carbons (Fsp3) is 0.684. The second kappa shape index (κ2) is 7.31. The molecule has 1 aliphatic carbocycles. The zero-order valence-corrected chi connectivity index (χ0v) is 13.3. The van der Waals surface area contributed by atoms with Gasteiger partial charge in [-0.25, -0.2) is 0 Å². The van der Waals surface area contributed by atoms with E-state index in [2.05, 4.69) is 36.5 Å². The minimum absolute atomic E-state index is 0.694. The molecule has 0 amide bonds. The second-order valence-corrected chi connectivity index (χ2v) is 6.67. The Morgan fingerprint density at radius 2 is 1.95 bits per heavy atom. The van der Waals surface area contributed by atoms with E-state index in [0.29, 0.717) is 5.92 Å². The lowest BCUT2D eigenvalue weighted by Crippen LogP contribution is -2.36. The van der Waals surface area contributed by atoms with Gasteiger partial charge < -0.3 is 10.1 Å². The van der Waals surface area contributed by atoms with Crippen LogP contribution in [0, 0.1) is 5.92 Å². The van der Waals surface area contributed by atoms with Gasteiger partial charge in [0.15, 0.2) is 0 Å². The molecule has 21 heavy (non-hydrogen) atoms. The Morgan fingerprint density at radius 3 is 2.86 bits per heavy atom. The zero-order valence-electron chi connectivity index (χ0n) is 13.3. The molecule has 0 aromatic heterocycles. The Labute approximate surface area is 129 Å². The molecule has 3 unspecified atom stereocenters. The van der Waals surface area contributed by atoms with Gasteiger partial charge in [-0.1, -0.05) is 44.4 Å². The predicted molar refractivity (Wildman–Crippen MR) is 88.0 cm³/mol. The second-order valence-electron chi connectivity index (χ2n) is 6.67. The van der Waals surface area contributed by atoms with E-state index in [4.69, 9.17) is 4.74 Å². The van der Waals surface area contributed by atoms with Crippen molar-refractivity contribution in [2.24, 2.45) is 5.92 Å². The van der Waals surface area contributed by atoms with E-state index in [1.54, 1.807) is 0 Å². The Balaban J connectivity index is 1.72. The summed E-state index contributed by atoms with van der Waals surface area (Å²) >= 11 is 0. The van der Waals surface area contributed by atoms with Gasteiger partial charge in [-0.15, -0.1) is 0 Å². The lowest BCUT2D eigenvalue weighted by molar-refractivity contribution is 0.233. The van der Waals surface area contributed by atoms with Gasteiger partial charge in [-0.2, -0.15) is 0 Å². The number of fused-ring (bicyclic) bond motifs is 1. The number of ether oxygens (including phenoxy) is 1. The van der Waals surface area contributed by atoms with Gasteiger partial charge in [0.2, 0.25) is 0 Å². The van der Waals surface area contributed by atoms with E-state index in [-0.39, 0.29) is 0 Å². The molecular formula is C19H29NO. The van der Waals surface area contributed by atoms with Crippen molar-refractivity contribution >= 4 is 0 Å². The highest BCUT2D eigenvalue weighted by molar-refractivity contribution is 5.37. The molecule has 2 nitrogen and oxygen atoms in total. The summed E-state index contributed by atoms with van der Waals surface area (Å²) in [7, 11) is 0. The van der Waals surface area contributed by atoms with Crippen molar-refractivity contribution in [1.82, 2.24) is 5.32 Å². The first-order valence-corrected chi connectivity index (χ1v) is 8.83. The highest BCUT2D eigenvalue weighted by atomic mass is 16.5. The number of nitrogens with one attached hydrogen (secondary N) is 1. The standard InChI is InChI=1S/C19H29NO/c1-2-20-18-10-5-3-4-8-16(18)14-15-12-13-21-19-11-7-6-9-17(15)19/h6-7,9,11,15-16,18,20H,2-5,8,10,12-14H2,1H3. The van der Waals surface area contributed by atoms with Crippen LogP contribution in [-0.4, -0.2) is 19.2 Å². The Morgan fingerprint density at radius 1 is 1.10 bits per heavy atom. The van der Waals surface area contributed by atoms with Crippen molar-refractivity contribution in [1.29, 1.82) is 0 Å². The average Bonchev–Trinajstić information content (AvgIpc) is 2.74. The van der Waals surface area contributed by atoms with Crippen molar-refractivity contribution in [2.75, 3.05) is 13.2 Å². The highest BCUT2D eigenvalue weighted by Gasteiger charge is 2.29. The maximum atomic E-state index is 5.83. The SMILES string of the molecule is CCNC1CCCCCC1CC1CCOc2ccccc21. The van der Waals surface area contributed by atoms with Crippen LogP contribution in [0.15, 0.2) is 24.3 Å². The zero-order chi connectivity index (χ0) is 14.5. The van der Waals surface area contributed by atoms with Crippen molar-refractivity contribution in [3.8, 4) is 5.75 Å². The molecule has 0 saturated heterocycles. The first kappa shape index (κ1) is 14.9. The molecule has 3 atom stereocenters. The number of rotatable bonds is 4. The number of para-hydroxylation sites is 1. The number of hydrogen-bond acceptors (Lipinski definition) is 2. The highest BCUT2D eigenvalue weighted by Crippen LogP contribution is 2.40. The van der Waals surface area contributed by atoms with Crippen LogP contribution in [0.2, 0.25) is 0 Å². The molecule has 1 heterocycles. The molecule has 1 fully saturated rings. The van der Waals surface area contributed by atoms with Crippen LogP contribution in [0.5, 0.6) is 5.75 Å². The van der Waals surface area contributed by atoms with E-state index in [9.17, 15) is 0 Å². The Bertz CT molecular complexity index is 445. The summed E-state index contributed by atoms with van der Waals surface area (Å²) in [5.74, 6) is 2.66. The molecule has 2 heteroatoms. The molecule has 3 rings (SSSR count). The minimum atomic E-state index is 0.694. The van der Waals surface area contributed by atoms with Crippen LogP contribution >= 0.6 is 0 Å². The van der Waals surface area contributed by atoms with Gasteiger partial charge in [0.05, 0.1) is 6.61 Å². The largest absolute Gasteiger partial charge is 0.493 e. The normalized spacial score (nSPS) is 29.3. The summed E-state index contributed by atoms with van der Waals surface area (Å²) < 4.78 is 5.83. The minimum Gasteiger partial charge on any atom is -0.493 e. The van der Waals surface area contributed by atoms with Crippen LogP contribution in [0.4, 0.5) is 0 Å². The molecule has 0 bridgehead atoms. The van der Waals surface area contributed by atoms with E-state index in [1.165, 1.54) is 50.5 Å². The van der Waals surface area contributed by atoms with Gasteiger partial charge in [-0.05, 0) is 55.7 Å². The quantitative estimate of drug-likeness (QED) is 0.823. The molecule has 1 aliphatic heterocycles. The third kappa shape index (κ3) is 3.60. The molecule has 1 aromatic rings.